The molecule has 1 amide bonds. The maximum absolute atomic E-state index is 13.3. The summed E-state index contributed by atoms with van der Waals surface area (Å²) < 4.78 is 16.2. The number of amides is 1. The van der Waals surface area contributed by atoms with E-state index in [9.17, 15) is 14.7 Å². The third-order valence-electron chi connectivity index (χ3n) is 6.15. The second-order valence-electron chi connectivity index (χ2n) is 8.05. The predicted molar refractivity (Wildman–Crippen MR) is 123 cm³/mol. The van der Waals surface area contributed by atoms with Crippen LogP contribution in [-0.4, -0.2) is 75.3 Å². The van der Waals surface area contributed by atoms with E-state index in [1.807, 2.05) is 0 Å². The number of carbonyl (C=O) groups is 2. The van der Waals surface area contributed by atoms with Crippen molar-refractivity contribution in [2.24, 2.45) is 0 Å². The van der Waals surface area contributed by atoms with Crippen LogP contribution in [0.25, 0.3) is 0 Å². The molecule has 0 bridgehead atoms. The van der Waals surface area contributed by atoms with Gasteiger partial charge in [0, 0.05) is 13.0 Å². The summed E-state index contributed by atoms with van der Waals surface area (Å²) in [5.74, 6) is -0.294. The topological polar surface area (TPSA) is 89.7 Å². The summed E-state index contributed by atoms with van der Waals surface area (Å²) in [6, 6.07) is 8.09. The van der Waals surface area contributed by atoms with Crippen LogP contribution in [-0.2, 0) is 9.53 Å². The van der Waals surface area contributed by atoms with Crippen molar-refractivity contribution in [1.29, 1.82) is 0 Å². The number of morpholine rings is 1. The Bertz CT molecular complexity index is 1030. The van der Waals surface area contributed by atoms with E-state index in [0.717, 1.165) is 39.3 Å². The largest absolute Gasteiger partial charge is 0.503 e. The Hall–Kier alpha value is -2.88. The zero-order valence-corrected chi connectivity index (χ0v) is 19.7. The molecule has 0 aliphatic carbocycles. The van der Waals surface area contributed by atoms with Crippen molar-refractivity contribution in [3.63, 3.8) is 0 Å². The van der Waals surface area contributed by atoms with Gasteiger partial charge in [-0.1, -0.05) is 12.1 Å². The van der Waals surface area contributed by atoms with Crippen LogP contribution in [0.2, 0.25) is 0 Å². The first-order valence-corrected chi connectivity index (χ1v) is 11.9. The standard InChI is InChI=1S/C24H28N2O6S/c1-30-17-7-6-16(15-18(17)31-2)21-20(22(27)19-5-3-14-33-19)23(28)24(29)26(21)9-4-8-25-10-12-32-13-11-25/h3,5-7,14-15,21,28H,4,8-13H2,1-2H3/p+1. The molecule has 1 fully saturated rings. The number of ether oxygens (including phenoxy) is 3. The Kier molecular flexibility index (Phi) is 7.32. The van der Waals surface area contributed by atoms with Crippen molar-refractivity contribution >= 4 is 23.0 Å². The number of aliphatic hydroxyl groups excluding tert-OH is 1. The molecule has 0 radical (unpaired) electrons. The number of nitrogens with zero attached hydrogens (tertiary/aromatic N) is 1. The van der Waals surface area contributed by atoms with Gasteiger partial charge in [0.05, 0.1) is 50.5 Å². The Morgan fingerprint density at radius 3 is 2.64 bits per heavy atom. The maximum Gasteiger partial charge on any atom is 0.290 e. The maximum atomic E-state index is 13.3. The predicted octanol–water partition coefficient (Wildman–Crippen LogP) is 1.65. The number of nitrogens with one attached hydrogen (secondary N) is 1. The second kappa shape index (κ2) is 10.4. The number of Topliss-reactive ketones (excluding diaryl/α,β-unsaturated/α-hetero) is 1. The first kappa shape index (κ1) is 23.3. The number of ketones is 1. The molecule has 33 heavy (non-hydrogen) atoms. The number of carbonyl (C=O) groups excluding carboxylic acids is 2. The number of rotatable bonds is 9. The smallest absolute Gasteiger partial charge is 0.290 e. The summed E-state index contributed by atoms with van der Waals surface area (Å²) in [7, 11) is 3.09. The van der Waals surface area contributed by atoms with Gasteiger partial charge in [0.15, 0.2) is 17.3 Å². The molecule has 1 unspecified atom stereocenters. The van der Waals surface area contributed by atoms with Gasteiger partial charge in [0.1, 0.15) is 13.1 Å². The number of hydrogen-bond donors (Lipinski definition) is 2. The van der Waals surface area contributed by atoms with Crippen LogP contribution in [0.1, 0.15) is 27.7 Å². The lowest BCUT2D eigenvalue weighted by Gasteiger charge is -2.29. The fourth-order valence-electron chi connectivity index (χ4n) is 4.44. The van der Waals surface area contributed by atoms with Gasteiger partial charge in [0.25, 0.3) is 5.91 Å². The average Bonchev–Trinajstić information content (AvgIpc) is 3.47. The third-order valence-corrected chi connectivity index (χ3v) is 7.01. The van der Waals surface area contributed by atoms with Crippen LogP contribution in [0.4, 0.5) is 0 Å². The lowest BCUT2D eigenvalue weighted by molar-refractivity contribution is -0.908. The molecule has 2 aliphatic heterocycles. The summed E-state index contributed by atoms with van der Waals surface area (Å²) in [6.07, 6.45) is 0.749. The van der Waals surface area contributed by atoms with Gasteiger partial charge in [-0.15, -0.1) is 11.3 Å². The molecule has 2 aliphatic rings. The van der Waals surface area contributed by atoms with Gasteiger partial charge in [0.2, 0.25) is 5.78 Å². The highest BCUT2D eigenvalue weighted by Gasteiger charge is 2.44. The number of aliphatic hydroxyl groups is 1. The molecule has 8 nitrogen and oxygen atoms in total. The fraction of sp³-hybridized carbons (Fsp3) is 0.417. The van der Waals surface area contributed by atoms with Crippen LogP contribution in [0.15, 0.2) is 47.0 Å². The molecule has 2 aromatic rings. The number of thiophene rings is 1. The highest BCUT2D eigenvalue weighted by atomic mass is 32.1. The average molecular weight is 474 g/mol. The van der Waals surface area contributed by atoms with E-state index in [-0.39, 0.29) is 11.4 Å². The Balaban J connectivity index is 1.65. The lowest BCUT2D eigenvalue weighted by Crippen LogP contribution is -3.14. The van der Waals surface area contributed by atoms with E-state index in [0.29, 0.717) is 28.5 Å². The van der Waals surface area contributed by atoms with Gasteiger partial charge >= 0.3 is 0 Å². The summed E-state index contributed by atoms with van der Waals surface area (Å²) in [4.78, 5) is 30.0. The monoisotopic (exact) mass is 473 g/mol. The van der Waals surface area contributed by atoms with Crippen molar-refractivity contribution in [3.8, 4) is 11.5 Å². The molecule has 3 heterocycles. The molecule has 1 saturated heterocycles. The van der Waals surface area contributed by atoms with Gasteiger partial charge in [-0.2, -0.15) is 0 Å². The van der Waals surface area contributed by atoms with E-state index in [4.69, 9.17) is 14.2 Å². The number of quaternary nitrogens is 1. The normalized spacial score (nSPS) is 19.3. The Morgan fingerprint density at radius 1 is 1.21 bits per heavy atom. The molecular weight excluding hydrogens is 444 g/mol. The van der Waals surface area contributed by atoms with Gasteiger partial charge in [-0.25, -0.2) is 0 Å². The summed E-state index contributed by atoms with van der Waals surface area (Å²) in [5.41, 5.74) is 0.789. The van der Waals surface area contributed by atoms with E-state index < -0.39 is 17.7 Å². The van der Waals surface area contributed by atoms with Gasteiger partial charge in [-0.3, -0.25) is 9.59 Å². The summed E-state index contributed by atoms with van der Waals surface area (Å²) in [6.45, 7) is 4.69. The van der Waals surface area contributed by atoms with Gasteiger partial charge < -0.3 is 29.1 Å². The molecule has 1 atom stereocenters. The van der Waals surface area contributed by atoms with E-state index in [2.05, 4.69) is 0 Å². The molecule has 2 N–H and O–H groups in total. The number of benzene rings is 1. The molecular formula is C24H29N2O6S+. The molecule has 0 saturated carbocycles. The third kappa shape index (κ3) is 4.75. The SMILES string of the molecule is COc1ccc(C2C(C(=O)c3cccs3)=C(O)C(=O)N2CCC[NH+]2CCOCC2)cc1OC. The van der Waals surface area contributed by atoms with Crippen molar-refractivity contribution < 1.29 is 33.8 Å². The minimum atomic E-state index is -0.702. The minimum Gasteiger partial charge on any atom is -0.503 e. The Morgan fingerprint density at radius 2 is 1.97 bits per heavy atom. The fourth-order valence-corrected chi connectivity index (χ4v) is 5.11. The zero-order chi connectivity index (χ0) is 23.4. The Labute approximate surface area is 197 Å². The first-order chi connectivity index (χ1) is 16.0. The van der Waals surface area contributed by atoms with Crippen LogP contribution >= 0.6 is 11.3 Å². The second-order valence-corrected chi connectivity index (χ2v) is 9.00. The molecule has 9 heteroatoms. The molecule has 1 aromatic carbocycles. The van der Waals surface area contributed by atoms with Crippen LogP contribution in [0.3, 0.4) is 0 Å². The van der Waals surface area contributed by atoms with Crippen LogP contribution in [0.5, 0.6) is 11.5 Å². The summed E-state index contributed by atoms with van der Waals surface area (Å²) >= 11 is 1.29. The number of methoxy groups -OCH3 is 2. The molecule has 4 rings (SSSR count). The van der Waals surface area contributed by atoms with E-state index in [1.165, 1.54) is 23.3 Å². The number of hydrogen-bond acceptors (Lipinski definition) is 7. The van der Waals surface area contributed by atoms with Crippen LogP contribution < -0.4 is 14.4 Å². The molecule has 0 spiro atoms. The van der Waals surface area contributed by atoms with Crippen molar-refractivity contribution in [3.05, 3.63) is 57.5 Å². The minimum absolute atomic E-state index is 0.105. The highest BCUT2D eigenvalue weighted by molar-refractivity contribution is 7.12. The molecule has 1 aromatic heterocycles. The van der Waals surface area contributed by atoms with E-state index >= 15 is 0 Å². The lowest BCUT2D eigenvalue weighted by atomic mass is 9.95. The first-order valence-electron chi connectivity index (χ1n) is 11.0. The quantitative estimate of drug-likeness (QED) is 0.539. The van der Waals surface area contributed by atoms with E-state index in [1.54, 1.807) is 47.7 Å². The highest BCUT2D eigenvalue weighted by Crippen LogP contribution is 2.42. The van der Waals surface area contributed by atoms with Crippen molar-refractivity contribution in [2.75, 3.05) is 53.6 Å². The zero-order valence-electron chi connectivity index (χ0n) is 18.8. The molecule has 176 valence electrons. The van der Waals surface area contributed by atoms with Gasteiger partial charge in [-0.05, 0) is 29.1 Å². The van der Waals surface area contributed by atoms with Crippen molar-refractivity contribution in [1.82, 2.24) is 4.90 Å². The summed E-state index contributed by atoms with van der Waals surface area (Å²) in [5, 5.41) is 12.6. The van der Waals surface area contributed by atoms with Crippen molar-refractivity contribution in [2.45, 2.75) is 12.5 Å². The van der Waals surface area contributed by atoms with Crippen LogP contribution in [0, 0.1) is 0 Å².